The van der Waals surface area contributed by atoms with Crippen molar-refractivity contribution >= 4 is 32.5 Å². The van der Waals surface area contributed by atoms with Gasteiger partial charge in [-0.25, -0.2) is 13.2 Å². The Hall–Kier alpha value is -2.13. The molecule has 0 spiro atoms. The molecule has 1 fully saturated rings. The molecular formula is C18H25N3O5S. The van der Waals surface area contributed by atoms with Crippen LogP contribution in [0.5, 0.6) is 0 Å². The highest BCUT2D eigenvalue weighted by atomic mass is 32.2. The Balaban J connectivity index is 2.20. The van der Waals surface area contributed by atoms with Crippen molar-refractivity contribution in [1.82, 2.24) is 9.13 Å². The van der Waals surface area contributed by atoms with E-state index in [1.165, 1.54) is 22.3 Å². The summed E-state index contributed by atoms with van der Waals surface area (Å²) in [5.74, 6) is -0.446. The van der Waals surface area contributed by atoms with Gasteiger partial charge in [0.25, 0.3) is 0 Å². The minimum atomic E-state index is -3.65. The Morgan fingerprint density at radius 2 is 1.74 bits per heavy atom. The van der Waals surface area contributed by atoms with Crippen LogP contribution in [0.25, 0.3) is 11.0 Å². The summed E-state index contributed by atoms with van der Waals surface area (Å²) < 4.78 is 34.3. The number of hydrogen-bond acceptors (Lipinski definition) is 5. The maximum atomic E-state index is 13.3. The van der Waals surface area contributed by atoms with Gasteiger partial charge in [-0.05, 0) is 25.0 Å². The van der Waals surface area contributed by atoms with Gasteiger partial charge in [-0.2, -0.15) is 0 Å². The molecule has 0 bridgehead atoms. The van der Waals surface area contributed by atoms with E-state index in [9.17, 15) is 18.0 Å². The fourth-order valence-corrected chi connectivity index (χ4v) is 5.74. The van der Waals surface area contributed by atoms with Gasteiger partial charge in [0.2, 0.25) is 5.91 Å². The van der Waals surface area contributed by atoms with E-state index in [1.807, 2.05) is 0 Å². The van der Waals surface area contributed by atoms with Crippen LogP contribution in [-0.2, 0) is 33.5 Å². The van der Waals surface area contributed by atoms with E-state index in [2.05, 4.69) is 5.32 Å². The van der Waals surface area contributed by atoms with E-state index in [0.29, 0.717) is 23.9 Å². The molecular weight excluding hydrogens is 370 g/mol. The van der Waals surface area contributed by atoms with E-state index in [4.69, 9.17) is 4.74 Å². The van der Waals surface area contributed by atoms with Gasteiger partial charge < -0.3 is 10.1 Å². The largest absolute Gasteiger partial charge is 0.375 e. The molecule has 1 amide bonds. The number of ether oxygens (including phenoxy) is 1. The molecule has 3 rings (SSSR count). The highest BCUT2D eigenvalue weighted by Gasteiger charge is 2.32. The Bertz CT molecular complexity index is 1030. The summed E-state index contributed by atoms with van der Waals surface area (Å²) in [6, 6.07) is 3.06. The van der Waals surface area contributed by atoms with Crippen molar-refractivity contribution in [2.24, 2.45) is 14.1 Å². The number of aryl methyl sites for hydroxylation is 2. The minimum absolute atomic E-state index is 0.0625. The zero-order valence-electron chi connectivity index (χ0n) is 15.8. The van der Waals surface area contributed by atoms with Crippen LogP contribution in [0.15, 0.2) is 21.8 Å². The van der Waals surface area contributed by atoms with Crippen LogP contribution in [-0.4, -0.2) is 42.4 Å². The predicted octanol–water partition coefficient (Wildman–Crippen LogP) is 1.57. The predicted molar refractivity (Wildman–Crippen MR) is 103 cm³/mol. The van der Waals surface area contributed by atoms with Gasteiger partial charge >= 0.3 is 5.69 Å². The highest BCUT2D eigenvalue weighted by Crippen LogP contribution is 2.34. The highest BCUT2D eigenvalue weighted by molar-refractivity contribution is 7.92. The summed E-state index contributed by atoms with van der Waals surface area (Å²) in [7, 11) is 0.961. The molecule has 0 atom stereocenters. The molecule has 27 heavy (non-hydrogen) atoms. The molecule has 2 aromatic rings. The number of amides is 1. The normalized spacial score (nSPS) is 16.0. The second-order valence-electron chi connectivity index (χ2n) is 7.02. The zero-order valence-corrected chi connectivity index (χ0v) is 16.6. The van der Waals surface area contributed by atoms with Crippen molar-refractivity contribution in [3.63, 3.8) is 0 Å². The van der Waals surface area contributed by atoms with Gasteiger partial charge in [-0.1, -0.05) is 19.3 Å². The number of carbonyl (C=O) groups is 1. The number of nitrogens with one attached hydrogen (secondary N) is 1. The van der Waals surface area contributed by atoms with Gasteiger partial charge in [-0.3, -0.25) is 13.9 Å². The van der Waals surface area contributed by atoms with Crippen LogP contribution < -0.4 is 11.0 Å². The quantitative estimate of drug-likeness (QED) is 0.828. The minimum Gasteiger partial charge on any atom is -0.375 e. The molecule has 1 heterocycles. The topological polar surface area (TPSA) is 99.4 Å². The number of carbonyl (C=O) groups excluding carboxylic acids is 1. The SMILES string of the molecule is COCC(=O)Nc1cc2c(cc1S(=O)(=O)C1CCCCC1)n(C)c(=O)n2C. The number of anilines is 1. The second kappa shape index (κ2) is 7.47. The number of methoxy groups -OCH3 is 1. The third-order valence-electron chi connectivity index (χ3n) is 5.22. The molecule has 1 N–H and O–H groups in total. The zero-order chi connectivity index (χ0) is 19.8. The van der Waals surface area contributed by atoms with Crippen LogP contribution in [0.1, 0.15) is 32.1 Å². The number of benzene rings is 1. The average Bonchev–Trinajstić information content (AvgIpc) is 2.86. The first-order valence-corrected chi connectivity index (χ1v) is 10.5. The number of hydrogen-bond donors (Lipinski definition) is 1. The van der Waals surface area contributed by atoms with E-state index >= 15 is 0 Å². The number of sulfone groups is 1. The molecule has 0 radical (unpaired) electrons. The monoisotopic (exact) mass is 395 g/mol. The molecule has 8 nitrogen and oxygen atoms in total. The lowest BCUT2D eigenvalue weighted by atomic mass is 10.0. The first-order chi connectivity index (χ1) is 12.8. The van der Waals surface area contributed by atoms with Crippen LogP contribution in [0, 0.1) is 0 Å². The molecule has 1 aromatic heterocycles. The van der Waals surface area contributed by atoms with Crippen LogP contribution in [0.3, 0.4) is 0 Å². The summed E-state index contributed by atoms with van der Waals surface area (Å²) in [6.45, 7) is -0.186. The summed E-state index contributed by atoms with van der Waals surface area (Å²) in [5.41, 5.74) is 1.00. The standard InChI is InChI=1S/C18H25N3O5S/c1-20-14-9-13(19-17(22)11-26-3)16(10-15(14)21(2)18(20)23)27(24,25)12-7-5-4-6-8-12/h9-10,12H,4-8,11H2,1-3H3,(H,19,22). The van der Waals surface area contributed by atoms with E-state index in [-0.39, 0.29) is 22.9 Å². The van der Waals surface area contributed by atoms with Crippen molar-refractivity contribution in [2.45, 2.75) is 42.2 Å². The Morgan fingerprint density at radius 3 is 2.33 bits per heavy atom. The summed E-state index contributed by atoms with van der Waals surface area (Å²) in [4.78, 5) is 24.4. The number of fused-ring (bicyclic) bond motifs is 1. The van der Waals surface area contributed by atoms with Crippen molar-refractivity contribution in [2.75, 3.05) is 19.0 Å². The maximum absolute atomic E-state index is 13.3. The smallest absolute Gasteiger partial charge is 0.328 e. The Morgan fingerprint density at radius 1 is 1.15 bits per heavy atom. The van der Waals surface area contributed by atoms with Gasteiger partial charge in [0.1, 0.15) is 6.61 Å². The molecule has 0 unspecified atom stereocenters. The molecule has 0 aliphatic heterocycles. The lowest BCUT2D eigenvalue weighted by Crippen LogP contribution is -2.26. The molecule has 1 aliphatic rings. The molecule has 148 valence electrons. The number of aromatic nitrogens is 2. The van der Waals surface area contributed by atoms with Gasteiger partial charge in [-0.15, -0.1) is 0 Å². The van der Waals surface area contributed by atoms with Crippen molar-refractivity contribution < 1.29 is 17.9 Å². The first kappa shape index (κ1) is 19.6. The van der Waals surface area contributed by atoms with Crippen molar-refractivity contribution in [1.29, 1.82) is 0 Å². The van der Waals surface area contributed by atoms with Gasteiger partial charge in [0.15, 0.2) is 9.84 Å². The maximum Gasteiger partial charge on any atom is 0.328 e. The molecule has 9 heteroatoms. The van der Waals surface area contributed by atoms with Crippen molar-refractivity contribution in [3.8, 4) is 0 Å². The van der Waals surface area contributed by atoms with Gasteiger partial charge in [0, 0.05) is 21.2 Å². The second-order valence-corrected chi connectivity index (χ2v) is 9.22. The summed E-state index contributed by atoms with van der Waals surface area (Å²) in [5, 5.41) is 2.17. The fourth-order valence-electron chi connectivity index (χ4n) is 3.73. The summed E-state index contributed by atoms with van der Waals surface area (Å²) in [6.07, 6.45) is 4.01. The fraction of sp³-hybridized carbons (Fsp3) is 0.556. The molecule has 1 saturated carbocycles. The van der Waals surface area contributed by atoms with Crippen LogP contribution in [0.2, 0.25) is 0 Å². The lowest BCUT2D eigenvalue weighted by molar-refractivity contribution is -0.119. The van der Waals surface area contributed by atoms with Crippen molar-refractivity contribution in [3.05, 3.63) is 22.6 Å². The van der Waals surface area contributed by atoms with E-state index in [1.54, 1.807) is 20.2 Å². The third-order valence-corrected chi connectivity index (χ3v) is 7.52. The number of imidazole rings is 1. The molecule has 1 aliphatic carbocycles. The first-order valence-electron chi connectivity index (χ1n) is 8.99. The Labute approximate surface area is 158 Å². The number of rotatable bonds is 5. The van der Waals surface area contributed by atoms with Crippen LogP contribution in [0.4, 0.5) is 5.69 Å². The molecule has 0 saturated heterocycles. The Kier molecular flexibility index (Phi) is 5.43. The van der Waals surface area contributed by atoms with E-state index < -0.39 is 21.0 Å². The van der Waals surface area contributed by atoms with Gasteiger partial charge in [0.05, 0.1) is 26.9 Å². The summed E-state index contributed by atoms with van der Waals surface area (Å²) >= 11 is 0. The van der Waals surface area contributed by atoms with E-state index in [0.717, 1.165) is 19.3 Å². The van der Waals surface area contributed by atoms with Crippen LogP contribution >= 0.6 is 0 Å². The lowest BCUT2D eigenvalue weighted by Gasteiger charge is -2.23. The third kappa shape index (κ3) is 3.53. The average molecular weight is 395 g/mol. The molecule has 1 aromatic carbocycles. The number of nitrogens with zero attached hydrogens (tertiary/aromatic N) is 2.